The number of nitrogens with zero attached hydrogens (tertiary/aromatic N) is 3. The van der Waals surface area contributed by atoms with Crippen LogP contribution in [0, 0.1) is 0 Å². The van der Waals surface area contributed by atoms with Crippen LogP contribution in [-0.2, 0) is 0 Å². The van der Waals surface area contributed by atoms with E-state index >= 15 is 0 Å². The summed E-state index contributed by atoms with van der Waals surface area (Å²) in [5.41, 5.74) is 8.89. The average Bonchev–Trinajstić information content (AvgIpc) is 3.52. The van der Waals surface area contributed by atoms with Gasteiger partial charge in [-0.3, -0.25) is 0 Å². The lowest BCUT2D eigenvalue weighted by Gasteiger charge is -2.10. The number of hydrogen-bond donors (Lipinski definition) is 0. The lowest BCUT2D eigenvalue weighted by molar-refractivity contribution is 0.670. The zero-order valence-electron chi connectivity index (χ0n) is 25.3. The van der Waals surface area contributed by atoms with Crippen LogP contribution in [0.25, 0.3) is 89.1 Å². The SMILES string of the molecule is c1ccc(-c2ccc(-c3cccc(-c4nc(-c5ccccc5)nc(-c5cccc6c5oc5cc7ccccc7cc56)n4)c3)cc2)cc1. The first-order chi connectivity index (χ1) is 23.3. The van der Waals surface area contributed by atoms with Crippen molar-refractivity contribution in [2.75, 3.05) is 0 Å². The Bertz CT molecular complexity index is 2550. The maximum absolute atomic E-state index is 6.56. The Labute approximate surface area is 271 Å². The summed E-state index contributed by atoms with van der Waals surface area (Å²) in [5.74, 6) is 1.79. The van der Waals surface area contributed by atoms with Crippen LogP contribution in [0.1, 0.15) is 0 Å². The number of aromatic nitrogens is 3. The molecule has 0 spiro atoms. The zero-order valence-corrected chi connectivity index (χ0v) is 25.3. The van der Waals surface area contributed by atoms with E-state index in [1.165, 1.54) is 16.5 Å². The largest absolute Gasteiger partial charge is 0.455 e. The number of benzene rings is 7. The summed E-state index contributed by atoms with van der Waals surface area (Å²) in [6.07, 6.45) is 0. The van der Waals surface area contributed by atoms with Gasteiger partial charge in [0.1, 0.15) is 11.2 Å². The Kier molecular flexibility index (Phi) is 6.43. The van der Waals surface area contributed by atoms with Gasteiger partial charge in [-0.25, -0.2) is 15.0 Å². The highest BCUT2D eigenvalue weighted by molar-refractivity contribution is 6.12. The van der Waals surface area contributed by atoms with Gasteiger partial charge in [0.15, 0.2) is 17.5 Å². The molecule has 0 amide bonds. The number of fused-ring (bicyclic) bond motifs is 4. The quantitative estimate of drug-likeness (QED) is 0.197. The molecule has 0 radical (unpaired) electrons. The van der Waals surface area contributed by atoms with Crippen LogP contribution in [0.5, 0.6) is 0 Å². The van der Waals surface area contributed by atoms with Crippen LogP contribution in [-0.4, -0.2) is 15.0 Å². The minimum absolute atomic E-state index is 0.570. The zero-order chi connectivity index (χ0) is 31.2. The fourth-order valence-electron chi connectivity index (χ4n) is 6.32. The molecule has 0 saturated carbocycles. The normalized spacial score (nSPS) is 11.4. The number of para-hydroxylation sites is 1. The van der Waals surface area contributed by atoms with Gasteiger partial charge in [0.2, 0.25) is 0 Å². The number of furan rings is 1. The van der Waals surface area contributed by atoms with Crippen molar-refractivity contribution in [3.63, 3.8) is 0 Å². The highest BCUT2D eigenvalue weighted by Gasteiger charge is 2.18. The van der Waals surface area contributed by atoms with Crippen LogP contribution >= 0.6 is 0 Å². The van der Waals surface area contributed by atoms with Crippen molar-refractivity contribution in [2.45, 2.75) is 0 Å². The van der Waals surface area contributed by atoms with Crippen LogP contribution in [0.4, 0.5) is 0 Å². The van der Waals surface area contributed by atoms with Crippen LogP contribution in [0.2, 0.25) is 0 Å². The molecule has 0 atom stereocenters. The van der Waals surface area contributed by atoms with Gasteiger partial charge in [0.05, 0.1) is 5.56 Å². The molecule has 0 aliphatic rings. The van der Waals surface area contributed by atoms with Crippen molar-refractivity contribution in [3.8, 4) is 56.4 Å². The summed E-state index contributed by atoms with van der Waals surface area (Å²) in [6, 6.07) is 56.4. The number of rotatable bonds is 5. The van der Waals surface area contributed by atoms with E-state index in [9.17, 15) is 0 Å². The third kappa shape index (κ3) is 4.93. The molecule has 2 heterocycles. The van der Waals surface area contributed by atoms with Gasteiger partial charge < -0.3 is 4.42 Å². The molecule has 9 aromatic rings. The Balaban J connectivity index is 1.18. The van der Waals surface area contributed by atoms with Gasteiger partial charge >= 0.3 is 0 Å². The molecule has 47 heavy (non-hydrogen) atoms. The predicted octanol–water partition coefficient (Wildman–Crippen LogP) is 11.3. The highest BCUT2D eigenvalue weighted by atomic mass is 16.3. The molecule has 0 unspecified atom stereocenters. The van der Waals surface area contributed by atoms with Crippen molar-refractivity contribution in [2.24, 2.45) is 0 Å². The summed E-state index contributed by atoms with van der Waals surface area (Å²) in [7, 11) is 0. The monoisotopic (exact) mass is 601 g/mol. The van der Waals surface area contributed by atoms with E-state index in [4.69, 9.17) is 19.4 Å². The molecule has 4 heteroatoms. The summed E-state index contributed by atoms with van der Waals surface area (Å²) in [5, 5.41) is 4.43. The van der Waals surface area contributed by atoms with E-state index in [0.29, 0.717) is 17.5 Å². The predicted molar refractivity (Wildman–Crippen MR) is 192 cm³/mol. The number of hydrogen-bond acceptors (Lipinski definition) is 4. The standard InChI is InChI=1S/C43H27N3O/c1-3-11-28(12-4-1)29-21-23-30(24-22-29)32-17-9-18-35(25-32)42-44-41(31-13-5-2-6-14-31)45-43(46-42)37-20-10-19-36-38-26-33-15-7-8-16-34(33)27-39(38)47-40(36)37/h1-27H. The second-order valence-electron chi connectivity index (χ2n) is 11.7. The van der Waals surface area contributed by atoms with Crippen molar-refractivity contribution in [1.82, 2.24) is 15.0 Å². The van der Waals surface area contributed by atoms with Gasteiger partial charge in [0.25, 0.3) is 0 Å². The Hall–Kier alpha value is -6.39. The van der Waals surface area contributed by atoms with E-state index < -0.39 is 0 Å². The first kappa shape index (κ1) is 27.0. The summed E-state index contributed by atoms with van der Waals surface area (Å²) < 4.78 is 6.56. The lowest BCUT2D eigenvalue weighted by Crippen LogP contribution is -2.00. The lowest BCUT2D eigenvalue weighted by atomic mass is 9.99. The van der Waals surface area contributed by atoms with Gasteiger partial charge in [-0.1, -0.05) is 140 Å². The second kappa shape index (κ2) is 11.2. The van der Waals surface area contributed by atoms with E-state index in [1.807, 2.05) is 48.5 Å². The second-order valence-corrected chi connectivity index (χ2v) is 11.7. The first-order valence-corrected chi connectivity index (χ1v) is 15.7. The molecule has 4 nitrogen and oxygen atoms in total. The Morgan fingerprint density at radius 1 is 0.340 bits per heavy atom. The minimum atomic E-state index is 0.570. The third-order valence-electron chi connectivity index (χ3n) is 8.72. The van der Waals surface area contributed by atoms with Crippen molar-refractivity contribution < 1.29 is 4.42 Å². The highest BCUT2D eigenvalue weighted by Crippen LogP contribution is 2.38. The molecule has 0 saturated heterocycles. The molecular weight excluding hydrogens is 574 g/mol. The minimum Gasteiger partial charge on any atom is -0.455 e. The molecule has 7 aromatic carbocycles. The topological polar surface area (TPSA) is 51.8 Å². The molecule has 2 aromatic heterocycles. The smallest absolute Gasteiger partial charge is 0.167 e. The van der Waals surface area contributed by atoms with Crippen molar-refractivity contribution >= 4 is 32.7 Å². The van der Waals surface area contributed by atoms with Crippen molar-refractivity contribution in [1.29, 1.82) is 0 Å². The Morgan fingerprint density at radius 3 is 1.62 bits per heavy atom. The van der Waals surface area contributed by atoms with Gasteiger partial charge in [-0.05, 0) is 57.3 Å². The van der Waals surface area contributed by atoms with E-state index in [2.05, 4.69) is 115 Å². The van der Waals surface area contributed by atoms with Crippen molar-refractivity contribution in [3.05, 3.63) is 164 Å². The average molecular weight is 602 g/mol. The molecular formula is C43H27N3O. The van der Waals surface area contributed by atoms with E-state index in [-0.39, 0.29) is 0 Å². The van der Waals surface area contributed by atoms with E-state index in [1.54, 1.807) is 0 Å². The molecule has 0 aliphatic heterocycles. The molecule has 0 aliphatic carbocycles. The van der Waals surface area contributed by atoms with Gasteiger partial charge in [-0.15, -0.1) is 0 Å². The fraction of sp³-hybridized carbons (Fsp3) is 0. The van der Waals surface area contributed by atoms with Gasteiger partial charge in [0, 0.05) is 21.9 Å². The maximum Gasteiger partial charge on any atom is 0.167 e. The molecule has 0 N–H and O–H groups in total. The Morgan fingerprint density at radius 2 is 0.872 bits per heavy atom. The fourth-order valence-corrected chi connectivity index (χ4v) is 6.32. The molecule has 0 bridgehead atoms. The molecule has 220 valence electrons. The molecule has 9 rings (SSSR count). The first-order valence-electron chi connectivity index (χ1n) is 15.7. The van der Waals surface area contributed by atoms with Crippen LogP contribution < -0.4 is 0 Å². The summed E-state index contributed by atoms with van der Waals surface area (Å²) in [6.45, 7) is 0. The van der Waals surface area contributed by atoms with E-state index in [0.717, 1.165) is 55.1 Å². The summed E-state index contributed by atoms with van der Waals surface area (Å²) >= 11 is 0. The van der Waals surface area contributed by atoms with Crippen LogP contribution in [0.3, 0.4) is 0 Å². The third-order valence-corrected chi connectivity index (χ3v) is 8.72. The van der Waals surface area contributed by atoms with Gasteiger partial charge in [-0.2, -0.15) is 0 Å². The summed E-state index contributed by atoms with van der Waals surface area (Å²) in [4.78, 5) is 15.1. The molecule has 0 fully saturated rings. The van der Waals surface area contributed by atoms with Crippen LogP contribution in [0.15, 0.2) is 168 Å². The maximum atomic E-state index is 6.56.